The summed E-state index contributed by atoms with van der Waals surface area (Å²) in [6, 6.07) is 19.5. The van der Waals surface area contributed by atoms with E-state index in [-0.39, 0.29) is 11.8 Å². The molecule has 2 aromatic carbocycles. The minimum Gasteiger partial charge on any atom is -0.497 e. The summed E-state index contributed by atoms with van der Waals surface area (Å²) in [5.74, 6) is 1.53. The topological polar surface area (TPSA) is 80.2 Å². The molecule has 33 heavy (non-hydrogen) atoms. The number of aromatic nitrogens is 3. The van der Waals surface area contributed by atoms with E-state index in [1.165, 1.54) is 0 Å². The third-order valence-electron chi connectivity index (χ3n) is 6.05. The molecule has 5 rings (SSSR count). The Hall–Kier alpha value is -4.00. The number of fused-ring (bicyclic) bond motifs is 1. The smallest absolute Gasteiger partial charge is 0.229 e. The maximum atomic E-state index is 13.1. The van der Waals surface area contributed by atoms with Gasteiger partial charge in [0.05, 0.1) is 29.9 Å². The van der Waals surface area contributed by atoms with Crippen LogP contribution < -0.4 is 15.0 Å². The van der Waals surface area contributed by atoms with Crippen LogP contribution >= 0.6 is 0 Å². The van der Waals surface area contributed by atoms with Crippen molar-refractivity contribution in [1.29, 1.82) is 0 Å². The lowest BCUT2D eigenvalue weighted by Crippen LogP contribution is -2.41. The standard InChI is InChI=1S/C26H25N5O2/c1-33-21-11-9-18(10-12-21)23-15-24(29-17-28-23)31-14-4-7-20(16-31)26(32)30-22-8-2-5-19-6-3-13-27-25(19)22/h2-3,5-6,8-13,15,17,20H,4,7,14,16H2,1H3,(H,30,32)/t20-/m1/s1. The number of carbonyl (C=O) groups is 1. The van der Waals surface area contributed by atoms with E-state index in [9.17, 15) is 4.79 Å². The number of methoxy groups -OCH3 is 1. The van der Waals surface area contributed by atoms with E-state index in [4.69, 9.17) is 4.74 Å². The van der Waals surface area contributed by atoms with Gasteiger partial charge in [-0.1, -0.05) is 18.2 Å². The first-order valence-corrected chi connectivity index (χ1v) is 11.1. The normalized spacial score (nSPS) is 15.9. The van der Waals surface area contributed by atoms with Crippen molar-refractivity contribution < 1.29 is 9.53 Å². The third kappa shape index (κ3) is 4.48. The molecule has 0 unspecified atom stereocenters. The van der Waals surface area contributed by atoms with Gasteiger partial charge in [-0.2, -0.15) is 0 Å². The number of amides is 1. The first-order chi connectivity index (χ1) is 16.2. The van der Waals surface area contributed by atoms with Gasteiger partial charge in [0.2, 0.25) is 5.91 Å². The van der Waals surface area contributed by atoms with Crippen LogP contribution in [-0.2, 0) is 4.79 Å². The molecule has 4 aromatic rings. The summed E-state index contributed by atoms with van der Waals surface area (Å²) < 4.78 is 5.24. The lowest BCUT2D eigenvalue weighted by atomic mass is 9.96. The van der Waals surface area contributed by atoms with Gasteiger partial charge in [0.1, 0.15) is 17.9 Å². The number of nitrogens with zero attached hydrogens (tertiary/aromatic N) is 4. The molecule has 1 aliphatic rings. The van der Waals surface area contributed by atoms with Crippen LogP contribution in [0.3, 0.4) is 0 Å². The van der Waals surface area contributed by atoms with Gasteiger partial charge in [-0.25, -0.2) is 9.97 Å². The maximum absolute atomic E-state index is 13.1. The molecule has 1 amide bonds. The van der Waals surface area contributed by atoms with Crippen molar-refractivity contribution in [3.05, 3.63) is 73.2 Å². The van der Waals surface area contributed by atoms with Crippen molar-refractivity contribution in [3.8, 4) is 17.0 Å². The van der Waals surface area contributed by atoms with Crippen LogP contribution in [0.5, 0.6) is 5.75 Å². The molecular formula is C26H25N5O2. The molecule has 7 heteroatoms. The van der Waals surface area contributed by atoms with Crippen molar-refractivity contribution in [2.24, 2.45) is 5.92 Å². The lowest BCUT2D eigenvalue weighted by Gasteiger charge is -2.33. The molecule has 3 heterocycles. The summed E-state index contributed by atoms with van der Waals surface area (Å²) in [7, 11) is 1.65. The predicted molar refractivity (Wildman–Crippen MR) is 129 cm³/mol. The molecule has 166 valence electrons. The molecule has 0 aliphatic carbocycles. The number of rotatable bonds is 5. The van der Waals surface area contributed by atoms with E-state index in [2.05, 4.69) is 25.2 Å². The highest BCUT2D eigenvalue weighted by molar-refractivity contribution is 6.01. The van der Waals surface area contributed by atoms with Crippen LogP contribution in [0, 0.1) is 5.92 Å². The quantitative estimate of drug-likeness (QED) is 0.491. The van der Waals surface area contributed by atoms with Gasteiger partial charge in [-0.3, -0.25) is 9.78 Å². The van der Waals surface area contributed by atoms with E-state index in [0.717, 1.165) is 58.8 Å². The third-order valence-corrected chi connectivity index (χ3v) is 6.05. The average molecular weight is 440 g/mol. The Morgan fingerprint density at radius 1 is 1.06 bits per heavy atom. The number of piperidine rings is 1. The maximum Gasteiger partial charge on any atom is 0.229 e. The van der Waals surface area contributed by atoms with E-state index in [1.807, 2.05) is 60.7 Å². The van der Waals surface area contributed by atoms with Crippen molar-refractivity contribution in [2.75, 3.05) is 30.4 Å². The summed E-state index contributed by atoms with van der Waals surface area (Å²) >= 11 is 0. The monoisotopic (exact) mass is 439 g/mol. The summed E-state index contributed by atoms with van der Waals surface area (Å²) in [5, 5.41) is 4.11. The van der Waals surface area contributed by atoms with Crippen molar-refractivity contribution in [2.45, 2.75) is 12.8 Å². The summed E-state index contributed by atoms with van der Waals surface area (Å²) in [4.78, 5) is 28.7. The number of para-hydroxylation sites is 1. The number of benzene rings is 2. The highest BCUT2D eigenvalue weighted by Gasteiger charge is 2.27. The number of anilines is 2. The Bertz CT molecular complexity index is 1270. The number of carbonyl (C=O) groups excluding carboxylic acids is 1. The first-order valence-electron chi connectivity index (χ1n) is 11.1. The van der Waals surface area contributed by atoms with Gasteiger partial charge in [0.15, 0.2) is 0 Å². The number of nitrogens with one attached hydrogen (secondary N) is 1. The highest BCUT2D eigenvalue weighted by atomic mass is 16.5. The molecule has 1 fully saturated rings. The Labute approximate surface area is 192 Å². The minimum atomic E-state index is -0.128. The first kappa shape index (κ1) is 20.9. The fourth-order valence-electron chi connectivity index (χ4n) is 4.28. The second-order valence-electron chi connectivity index (χ2n) is 8.15. The van der Waals surface area contributed by atoms with Crippen molar-refractivity contribution >= 4 is 28.3 Å². The average Bonchev–Trinajstić information content (AvgIpc) is 2.89. The van der Waals surface area contributed by atoms with Crippen LogP contribution in [0.15, 0.2) is 73.2 Å². The zero-order valence-corrected chi connectivity index (χ0v) is 18.4. The number of ether oxygens (including phenoxy) is 1. The zero-order valence-electron chi connectivity index (χ0n) is 18.4. The number of hydrogen-bond donors (Lipinski definition) is 1. The highest BCUT2D eigenvalue weighted by Crippen LogP contribution is 2.28. The van der Waals surface area contributed by atoms with E-state index >= 15 is 0 Å². The van der Waals surface area contributed by atoms with Gasteiger partial charge in [-0.15, -0.1) is 0 Å². The van der Waals surface area contributed by atoms with Crippen molar-refractivity contribution in [3.63, 3.8) is 0 Å². The molecule has 1 N–H and O–H groups in total. The molecule has 0 saturated carbocycles. The molecule has 0 spiro atoms. The molecular weight excluding hydrogens is 414 g/mol. The van der Waals surface area contributed by atoms with E-state index in [1.54, 1.807) is 19.6 Å². The van der Waals surface area contributed by atoms with Gasteiger partial charge >= 0.3 is 0 Å². The van der Waals surface area contributed by atoms with Gasteiger partial charge < -0.3 is 15.0 Å². The molecule has 1 saturated heterocycles. The zero-order chi connectivity index (χ0) is 22.6. The Balaban J connectivity index is 1.32. The second-order valence-corrected chi connectivity index (χ2v) is 8.15. The largest absolute Gasteiger partial charge is 0.497 e. The van der Waals surface area contributed by atoms with Crippen LogP contribution in [0.2, 0.25) is 0 Å². The lowest BCUT2D eigenvalue weighted by molar-refractivity contribution is -0.120. The molecule has 7 nitrogen and oxygen atoms in total. The fraction of sp³-hybridized carbons (Fsp3) is 0.231. The summed E-state index contributed by atoms with van der Waals surface area (Å²) in [6.45, 7) is 1.47. The molecule has 1 aliphatic heterocycles. The van der Waals surface area contributed by atoms with Gasteiger partial charge in [-0.05, 0) is 49.2 Å². The molecule has 2 aromatic heterocycles. The number of hydrogen-bond acceptors (Lipinski definition) is 6. The minimum absolute atomic E-state index is 0.0160. The van der Waals surface area contributed by atoms with E-state index < -0.39 is 0 Å². The van der Waals surface area contributed by atoms with E-state index in [0.29, 0.717) is 6.54 Å². The van der Waals surface area contributed by atoms with Crippen LogP contribution in [-0.4, -0.2) is 41.1 Å². The predicted octanol–water partition coefficient (Wildman–Crippen LogP) is 4.56. The summed E-state index contributed by atoms with van der Waals surface area (Å²) in [6.07, 6.45) is 5.10. The van der Waals surface area contributed by atoms with Gasteiger partial charge in [0.25, 0.3) is 0 Å². The molecule has 0 radical (unpaired) electrons. The van der Waals surface area contributed by atoms with Crippen LogP contribution in [0.1, 0.15) is 12.8 Å². The fourth-order valence-corrected chi connectivity index (χ4v) is 4.28. The van der Waals surface area contributed by atoms with Crippen molar-refractivity contribution in [1.82, 2.24) is 15.0 Å². The summed E-state index contributed by atoms with van der Waals surface area (Å²) in [5.41, 5.74) is 3.39. The van der Waals surface area contributed by atoms with Crippen LogP contribution in [0.4, 0.5) is 11.5 Å². The van der Waals surface area contributed by atoms with Gasteiger partial charge in [0, 0.05) is 36.3 Å². The second kappa shape index (κ2) is 9.24. The Morgan fingerprint density at radius 2 is 1.91 bits per heavy atom. The Kier molecular flexibility index (Phi) is 5.85. The SMILES string of the molecule is COc1ccc(-c2cc(N3CCC[C@@H](C(=O)Nc4cccc5cccnc45)C3)ncn2)cc1. The van der Waals surface area contributed by atoms with Crippen LogP contribution in [0.25, 0.3) is 22.2 Å². The Morgan fingerprint density at radius 3 is 2.76 bits per heavy atom. The number of pyridine rings is 1. The molecule has 0 bridgehead atoms. The molecule has 1 atom stereocenters.